The van der Waals surface area contributed by atoms with Gasteiger partial charge in [-0.25, -0.2) is 4.79 Å². The van der Waals surface area contributed by atoms with E-state index in [-0.39, 0.29) is 6.03 Å². The summed E-state index contributed by atoms with van der Waals surface area (Å²) < 4.78 is 1.72. The molecule has 6 nitrogen and oxygen atoms in total. The molecule has 2 amide bonds. The minimum Gasteiger partial charge on any atom is -0.388 e. The zero-order valence-corrected chi connectivity index (χ0v) is 14.0. The van der Waals surface area contributed by atoms with Crippen LogP contribution in [0.5, 0.6) is 0 Å². The average molecular weight is 320 g/mol. The highest BCUT2D eigenvalue weighted by atomic mass is 16.3. The van der Waals surface area contributed by atoms with E-state index >= 15 is 0 Å². The van der Waals surface area contributed by atoms with Gasteiger partial charge in [-0.3, -0.25) is 10.00 Å². The largest absolute Gasteiger partial charge is 0.388 e. The maximum Gasteiger partial charge on any atom is 0.320 e. The fraction of sp³-hybridized carbons (Fsp3) is 0.765. The van der Waals surface area contributed by atoms with Crippen molar-refractivity contribution in [2.24, 2.45) is 7.05 Å². The average Bonchev–Trinajstić information content (AvgIpc) is 2.67. The summed E-state index contributed by atoms with van der Waals surface area (Å²) in [4.78, 5) is 12.1. The summed E-state index contributed by atoms with van der Waals surface area (Å²) in [5.74, 6) is 1.25. The van der Waals surface area contributed by atoms with Crippen molar-refractivity contribution >= 4 is 11.8 Å². The lowest BCUT2D eigenvalue weighted by Gasteiger charge is -2.26. The molecule has 0 aliphatic heterocycles. The monoisotopic (exact) mass is 320 g/mol. The zero-order valence-electron chi connectivity index (χ0n) is 14.0. The number of carbonyl (C=O) groups is 1. The molecule has 1 heterocycles. The molecular weight excluding hydrogens is 292 g/mol. The first-order valence-electron chi connectivity index (χ1n) is 8.87. The lowest BCUT2D eigenvalue weighted by atomic mass is 9.83. The number of rotatable bonds is 4. The van der Waals surface area contributed by atoms with Crippen molar-refractivity contribution < 1.29 is 9.90 Å². The molecule has 0 spiro atoms. The van der Waals surface area contributed by atoms with Gasteiger partial charge in [-0.15, -0.1) is 0 Å². The van der Waals surface area contributed by atoms with Crippen LogP contribution in [0.25, 0.3) is 0 Å². The van der Waals surface area contributed by atoms with Crippen molar-refractivity contribution in [3.05, 3.63) is 11.8 Å². The van der Waals surface area contributed by atoms with Crippen molar-refractivity contribution in [2.75, 3.05) is 11.9 Å². The van der Waals surface area contributed by atoms with E-state index in [1.54, 1.807) is 4.68 Å². The van der Waals surface area contributed by atoms with Crippen LogP contribution in [0, 0.1) is 0 Å². The van der Waals surface area contributed by atoms with Gasteiger partial charge in [0.05, 0.1) is 11.3 Å². The molecule has 0 aromatic carbocycles. The normalized spacial score (nSPS) is 21.3. The second-order valence-corrected chi connectivity index (χ2v) is 7.15. The number of aryl methyl sites for hydroxylation is 1. The number of anilines is 1. The van der Waals surface area contributed by atoms with E-state index in [4.69, 9.17) is 0 Å². The Bertz CT molecular complexity index is 543. The number of nitrogens with zero attached hydrogens (tertiary/aromatic N) is 2. The molecule has 3 rings (SSSR count). The van der Waals surface area contributed by atoms with Gasteiger partial charge in [0, 0.05) is 25.6 Å². The summed E-state index contributed by atoms with van der Waals surface area (Å²) in [5, 5.41) is 20.7. The Kier molecular flexibility index (Phi) is 4.90. The molecule has 23 heavy (non-hydrogen) atoms. The third-order valence-corrected chi connectivity index (χ3v) is 5.28. The number of aromatic nitrogens is 2. The van der Waals surface area contributed by atoms with Gasteiger partial charge < -0.3 is 10.4 Å². The molecule has 0 saturated heterocycles. The number of nitrogens with one attached hydrogen (secondary N) is 2. The second-order valence-electron chi connectivity index (χ2n) is 7.15. The molecular formula is C17H28N4O2. The molecule has 0 radical (unpaired) electrons. The predicted molar refractivity (Wildman–Crippen MR) is 89.5 cm³/mol. The van der Waals surface area contributed by atoms with E-state index in [1.807, 2.05) is 13.1 Å². The first-order valence-corrected chi connectivity index (χ1v) is 8.87. The third-order valence-electron chi connectivity index (χ3n) is 5.28. The Morgan fingerprint density at radius 2 is 2.00 bits per heavy atom. The van der Waals surface area contributed by atoms with E-state index < -0.39 is 5.60 Å². The summed E-state index contributed by atoms with van der Waals surface area (Å²) >= 11 is 0. The Balaban J connectivity index is 1.51. The van der Waals surface area contributed by atoms with E-state index in [2.05, 4.69) is 15.7 Å². The molecule has 6 heteroatoms. The van der Waals surface area contributed by atoms with Crippen molar-refractivity contribution in [2.45, 2.75) is 69.3 Å². The SMILES string of the molecule is Cn1nc(C2CCC2)cc1NC(=O)NCC1(O)CCCCCC1. The molecule has 2 aliphatic carbocycles. The fourth-order valence-corrected chi connectivity index (χ4v) is 3.48. The standard InChI is InChI=1S/C17H28N4O2/c1-21-15(11-14(20-21)13-7-6-8-13)19-16(22)18-12-17(23)9-4-2-3-5-10-17/h11,13,23H,2-10,12H2,1H3,(H2,18,19,22). The van der Waals surface area contributed by atoms with Crippen LogP contribution in [0.3, 0.4) is 0 Å². The van der Waals surface area contributed by atoms with Crippen LogP contribution < -0.4 is 10.6 Å². The maximum absolute atomic E-state index is 12.1. The molecule has 0 unspecified atom stereocenters. The Morgan fingerprint density at radius 3 is 2.61 bits per heavy atom. The lowest BCUT2D eigenvalue weighted by Crippen LogP contribution is -2.44. The summed E-state index contributed by atoms with van der Waals surface area (Å²) in [6.07, 6.45) is 9.60. The number of hydrogen-bond donors (Lipinski definition) is 3. The van der Waals surface area contributed by atoms with Crippen molar-refractivity contribution in [3.63, 3.8) is 0 Å². The Labute approximate surface area is 137 Å². The quantitative estimate of drug-likeness (QED) is 0.746. The first kappa shape index (κ1) is 16.3. The predicted octanol–water partition coefficient (Wildman–Crippen LogP) is 2.89. The molecule has 1 aromatic heterocycles. The molecule has 2 saturated carbocycles. The smallest absolute Gasteiger partial charge is 0.320 e. The van der Waals surface area contributed by atoms with Crippen LogP contribution in [-0.4, -0.2) is 33.1 Å². The Hall–Kier alpha value is -1.56. The van der Waals surface area contributed by atoms with Crippen LogP contribution in [0.2, 0.25) is 0 Å². The first-order chi connectivity index (χ1) is 11.1. The van der Waals surface area contributed by atoms with Crippen LogP contribution in [-0.2, 0) is 7.05 Å². The molecule has 2 aliphatic rings. The van der Waals surface area contributed by atoms with Crippen LogP contribution in [0.1, 0.15) is 69.4 Å². The van der Waals surface area contributed by atoms with Crippen molar-refractivity contribution in [1.82, 2.24) is 15.1 Å². The highest BCUT2D eigenvalue weighted by Gasteiger charge is 2.28. The summed E-state index contributed by atoms with van der Waals surface area (Å²) in [5.41, 5.74) is 0.314. The number of amides is 2. The molecule has 2 fully saturated rings. The van der Waals surface area contributed by atoms with Crippen LogP contribution in [0.4, 0.5) is 10.6 Å². The van der Waals surface area contributed by atoms with Gasteiger partial charge in [-0.05, 0) is 25.7 Å². The van der Waals surface area contributed by atoms with Gasteiger partial charge in [-0.2, -0.15) is 5.10 Å². The summed E-state index contributed by atoms with van der Waals surface area (Å²) in [6.45, 7) is 0.312. The van der Waals surface area contributed by atoms with Gasteiger partial charge in [0.25, 0.3) is 0 Å². The second kappa shape index (κ2) is 6.91. The maximum atomic E-state index is 12.1. The molecule has 0 bridgehead atoms. The number of hydrogen-bond acceptors (Lipinski definition) is 3. The third kappa shape index (κ3) is 4.05. The van der Waals surface area contributed by atoms with Gasteiger partial charge in [-0.1, -0.05) is 32.1 Å². The minimum absolute atomic E-state index is 0.272. The number of aliphatic hydroxyl groups is 1. The van der Waals surface area contributed by atoms with Crippen LogP contribution >= 0.6 is 0 Å². The topological polar surface area (TPSA) is 79.2 Å². The highest BCUT2D eigenvalue weighted by Crippen LogP contribution is 2.36. The molecule has 3 N–H and O–H groups in total. The molecule has 0 atom stereocenters. The van der Waals surface area contributed by atoms with Gasteiger partial charge in [0.15, 0.2) is 0 Å². The Morgan fingerprint density at radius 1 is 1.30 bits per heavy atom. The van der Waals surface area contributed by atoms with E-state index in [9.17, 15) is 9.90 Å². The van der Waals surface area contributed by atoms with E-state index in [0.717, 1.165) is 31.4 Å². The van der Waals surface area contributed by atoms with E-state index in [1.165, 1.54) is 32.1 Å². The summed E-state index contributed by atoms with van der Waals surface area (Å²) in [6, 6.07) is 1.69. The van der Waals surface area contributed by atoms with E-state index in [0.29, 0.717) is 18.3 Å². The van der Waals surface area contributed by atoms with Crippen molar-refractivity contribution in [1.29, 1.82) is 0 Å². The van der Waals surface area contributed by atoms with Crippen molar-refractivity contribution in [3.8, 4) is 0 Å². The number of carbonyl (C=O) groups excluding carboxylic acids is 1. The van der Waals surface area contributed by atoms with Crippen LogP contribution in [0.15, 0.2) is 6.07 Å². The zero-order chi connectivity index (χ0) is 16.3. The van der Waals surface area contributed by atoms with Gasteiger partial charge >= 0.3 is 6.03 Å². The number of urea groups is 1. The van der Waals surface area contributed by atoms with Gasteiger partial charge in [0.2, 0.25) is 0 Å². The summed E-state index contributed by atoms with van der Waals surface area (Å²) in [7, 11) is 1.84. The molecule has 128 valence electrons. The lowest BCUT2D eigenvalue weighted by molar-refractivity contribution is 0.0281. The fourth-order valence-electron chi connectivity index (χ4n) is 3.48. The molecule has 1 aromatic rings. The minimum atomic E-state index is -0.753. The highest BCUT2D eigenvalue weighted by molar-refractivity contribution is 5.88. The van der Waals surface area contributed by atoms with Gasteiger partial charge in [0.1, 0.15) is 5.82 Å².